The Bertz CT molecular complexity index is 339. The lowest BCUT2D eigenvalue weighted by atomic mass is 9.69. The van der Waals surface area contributed by atoms with E-state index in [1.54, 1.807) is 0 Å². The van der Waals surface area contributed by atoms with E-state index in [0.29, 0.717) is 5.60 Å². The quantitative estimate of drug-likeness (QED) is 0.845. The predicted octanol–water partition coefficient (Wildman–Crippen LogP) is 3.75. The summed E-state index contributed by atoms with van der Waals surface area (Å²) in [6, 6.07) is 0.800. The lowest BCUT2D eigenvalue weighted by molar-refractivity contribution is -0.148. The highest BCUT2D eigenvalue weighted by molar-refractivity contribution is 5.08. The first-order valence-corrected chi connectivity index (χ1v) is 9.20. The molecule has 114 valence electrons. The Hall–Kier alpha value is -0.0800. The standard InChI is InChI=1S/C18H31NO/c1-2-19-17(16-14-6-3-4-7-15(14)16)13-8-11-20-18(12-13)9-5-10-18/h13-17,19H,2-12H2,1H3. The van der Waals surface area contributed by atoms with Crippen molar-refractivity contribution in [3.8, 4) is 0 Å². The molecular weight excluding hydrogens is 246 g/mol. The number of fused-ring (bicyclic) bond motifs is 1. The third-order valence-corrected chi connectivity index (χ3v) is 6.88. The molecule has 4 unspecified atom stereocenters. The van der Waals surface area contributed by atoms with Crippen molar-refractivity contribution in [2.45, 2.75) is 76.4 Å². The molecule has 1 heterocycles. The van der Waals surface area contributed by atoms with Crippen LogP contribution in [0.1, 0.15) is 64.7 Å². The van der Waals surface area contributed by atoms with Crippen LogP contribution >= 0.6 is 0 Å². The molecule has 3 aliphatic carbocycles. The molecule has 20 heavy (non-hydrogen) atoms. The SMILES string of the molecule is CCNC(C1CCOC2(CCC2)C1)C1C2CCCCC21. The van der Waals surface area contributed by atoms with Gasteiger partial charge in [-0.25, -0.2) is 0 Å². The highest BCUT2D eigenvalue weighted by Crippen LogP contribution is 2.59. The first kappa shape index (κ1) is 13.6. The lowest BCUT2D eigenvalue weighted by Crippen LogP contribution is -2.51. The summed E-state index contributed by atoms with van der Waals surface area (Å²) < 4.78 is 6.15. The molecule has 0 amide bonds. The van der Waals surface area contributed by atoms with Crippen molar-refractivity contribution >= 4 is 0 Å². The minimum Gasteiger partial charge on any atom is -0.375 e. The third kappa shape index (κ3) is 2.23. The Morgan fingerprint density at radius 2 is 1.85 bits per heavy atom. The second-order valence-corrected chi connectivity index (χ2v) is 7.91. The summed E-state index contributed by atoms with van der Waals surface area (Å²) in [5, 5.41) is 3.90. The minimum absolute atomic E-state index is 0.316. The first-order valence-electron chi connectivity index (χ1n) is 9.20. The van der Waals surface area contributed by atoms with Gasteiger partial charge in [0, 0.05) is 12.6 Å². The van der Waals surface area contributed by atoms with Gasteiger partial charge in [-0.2, -0.15) is 0 Å². The fourth-order valence-corrected chi connectivity index (χ4v) is 5.72. The Balaban J connectivity index is 1.45. The van der Waals surface area contributed by atoms with E-state index in [2.05, 4.69) is 12.2 Å². The fourth-order valence-electron chi connectivity index (χ4n) is 5.72. The van der Waals surface area contributed by atoms with Crippen molar-refractivity contribution in [2.75, 3.05) is 13.2 Å². The Morgan fingerprint density at radius 1 is 1.10 bits per heavy atom. The van der Waals surface area contributed by atoms with Crippen LogP contribution in [0.25, 0.3) is 0 Å². The van der Waals surface area contributed by atoms with Crippen LogP contribution in [-0.2, 0) is 4.74 Å². The maximum atomic E-state index is 6.15. The van der Waals surface area contributed by atoms with E-state index in [4.69, 9.17) is 4.74 Å². The summed E-state index contributed by atoms with van der Waals surface area (Å²) in [6.07, 6.45) is 12.7. The van der Waals surface area contributed by atoms with Crippen molar-refractivity contribution in [3.63, 3.8) is 0 Å². The maximum Gasteiger partial charge on any atom is 0.0685 e. The van der Waals surface area contributed by atoms with E-state index in [1.165, 1.54) is 57.8 Å². The van der Waals surface area contributed by atoms with Crippen LogP contribution in [0.3, 0.4) is 0 Å². The van der Waals surface area contributed by atoms with Crippen LogP contribution in [0.5, 0.6) is 0 Å². The number of rotatable bonds is 4. The van der Waals surface area contributed by atoms with Crippen LogP contribution in [-0.4, -0.2) is 24.8 Å². The largest absolute Gasteiger partial charge is 0.375 e. The van der Waals surface area contributed by atoms with Gasteiger partial charge in [0.25, 0.3) is 0 Å². The predicted molar refractivity (Wildman–Crippen MR) is 81.7 cm³/mol. The number of hydrogen-bond acceptors (Lipinski definition) is 2. The van der Waals surface area contributed by atoms with Gasteiger partial charge in [-0.05, 0) is 75.2 Å². The molecule has 2 nitrogen and oxygen atoms in total. The lowest BCUT2D eigenvalue weighted by Gasteiger charge is -2.49. The van der Waals surface area contributed by atoms with Gasteiger partial charge in [-0.1, -0.05) is 19.8 Å². The van der Waals surface area contributed by atoms with Crippen LogP contribution < -0.4 is 5.32 Å². The molecule has 0 aromatic heterocycles. The third-order valence-electron chi connectivity index (χ3n) is 6.88. The summed E-state index contributed by atoms with van der Waals surface area (Å²) in [6.45, 7) is 4.46. The van der Waals surface area contributed by atoms with Gasteiger partial charge < -0.3 is 10.1 Å². The smallest absolute Gasteiger partial charge is 0.0685 e. The highest BCUT2D eigenvalue weighted by atomic mass is 16.5. The van der Waals surface area contributed by atoms with E-state index in [1.807, 2.05) is 0 Å². The molecule has 2 heteroatoms. The summed E-state index contributed by atoms with van der Waals surface area (Å²) in [5.74, 6) is 4.05. The maximum absolute atomic E-state index is 6.15. The van der Waals surface area contributed by atoms with Crippen molar-refractivity contribution < 1.29 is 4.74 Å². The van der Waals surface area contributed by atoms with Crippen LogP contribution in [0, 0.1) is 23.7 Å². The summed E-state index contributed by atoms with van der Waals surface area (Å²) in [4.78, 5) is 0. The molecule has 4 atom stereocenters. The molecule has 1 aliphatic heterocycles. The molecule has 0 aromatic rings. The molecule has 3 saturated carbocycles. The Morgan fingerprint density at radius 3 is 2.45 bits per heavy atom. The number of ether oxygens (including phenoxy) is 1. The van der Waals surface area contributed by atoms with Crippen molar-refractivity contribution in [1.29, 1.82) is 0 Å². The van der Waals surface area contributed by atoms with Gasteiger partial charge in [-0.3, -0.25) is 0 Å². The van der Waals surface area contributed by atoms with E-state index >= 15 is 0 Å². The molecule has 0 radical (unpaired) electrons. The Kier molecular flexibility index (Phi) is 3.58. The number of hydrogen-bond donors (Lipinski definition) is 1. The Labute approximate surface area is 124 Å². The zero-order chi connectivity index (χ0) is 13.6. The van der Waals surface area contributed by atoms with Crippen LogP contribution in [0.15, 0.2) is 0 Å². The van der Waals surface area contributed by atoms with E-state index in [9.17, 15) is 0 Å². The van der Waals surface area contributed by atoms with E-state index in [0.717, 1.165) is 42.9 Å². The second kappa shape index (κ2) is 5.28. The molecule has 1 spiro atoms. The van der Waals surface area contributed by atoms with Gasteiger partial charge in [0.15, 0.2) is 0 Å². The fraction of sp³-hybridized carbons (Fsp3) is 1.00. The molecule has 1 saturated heterocycles. The number of nitrogens with one attached hydrogen (secondary N) is 1. The first-order chi connectivity index (χ1) is 9.83. The second-order valence-electron chi connectivity index (χ2n) is 7.91. The molecule has 0 bridgehead atoms. The molecular formula is C18H31NO. The van der Waals surface area contributed by atoms with Gasteiger partial charge in [0.2, 0.25) is 0 Å². The van der Waals surface area contributed by atoms with Crippen LogP contribution in [0.4, 0.5) is 0 Å². The molecule has 4 fully saturated rings. The molecule has 0 aromatic carbocycles. The van der Waals surface area contributed by atoms with Gasteiger partial charge in [0.1, 0.15) is 0 Å². The topological polar surface area (TPSA) is 21.3 Å². The molecule has 1 N–H and O–H groups in total. The zero-order valence-corrected chi connectivity index (χ0v) is 13.1. The molecule has 4 rings (SSSR count). The van der Waals surface area contributed by atoms with E-state index in [-0.39, 0.29) is 0 Å². The van der Waals surface area contributed by atoms with Crippen molar-refractivity contribution in [3.05, 3.63) is 0 Å². The molecule has 4 aliphatic rings. The normalized spacial score (nSPS) is 43.6. The highest BCUT2D eigenvalue weighted by Gasteiger charge is 2.56. The average molecular weight is 277 g/mol. The minimum atomic E-state index is 0.316. The summed E-state index contributed by atoms with van der Waals surface area (Å²) in [7, 11) is 0. The zero-order valence-electron chi connectivity index (χ0n) is 13.1. The monoisotopic (exact) mass is 277 g/mol. The van der Waals surface area contributed by atoms with Gasteiger partial charge in [-0.15, -0.1) is 0 Å². The van der Waals surface area contributed by atoms with Crippen molar-refractivity contribution in [1.82, 2.24) is 5.32 Å². The summed E-state index contributed by atoms with van der Waals surface area (Å²) >= 11 is 0. The summed E-state index contributed by atoms with van der Waals surface area (Å²) in [5.41, 5.74) is 0.316. The van der Waals surface area contributed by atoms with Crippen LogP contribution in [0.2, 0.25) is 0 Å². The van der Waals surface area contributed by atoms with E-state index < -0.39 is 0 Å². The van der Waals surface area contributed by atoms with Crippen molar-refractivity contribution in [2.24, 2.45) is 23.7 Å². The van der Waals surface area contributed by atoms with Gasteiger partial charge >= 0.3 is 0 Å². The van der Waals surface area contributed by atoms with Gasteiger partial charge in [0.05, 0.1) is 5.60 Å². The average Bonchev–Trinajstić information content (AvgIpc) is 3.17.